The number of aromatic amines is 2. The quantitative estimate of drug-likeness (QED) is 0.527. The van der Waals surface area contributed by atoms with Crippen LogP contribution in [0.25, 0.3) is 21.9 Å². The van der Waals surface area contributed by atoms with Crippen LogP contribution in [-0.4, -0.2) is 26.3 Å². The SMILES string of the molecule is O=C(Nc1ccc2[nH]nnc2c1)c1c[nH]c2ccccc2c1=O. The van der Waals surface area contributed by atoms with E-state index in [1.165, 1.54) is 6.20 Å². The molecular formula is C16H11N5O2. The minimum atomic E-state index is -0.472. The van der Waals surface area contributed by atoms with E-state index in [-0.39, 0.29) is 11.0 Å². The maximum Gasteiger partial charge on any atom is 0.261 e. The standard InChI is InChI=1S/C16H11N5O2/c22-15-10-3-1-2-4-12(10)17-8-11(15)16(23)18-9-5-6-13-14(7-9)20-21-19-13/h1-8H,(H,17,22)(H,18,23)(H,19,20,21). The van der Waals surface area contributed by atoms with E-state index in [1.54, 1.807) is 36.4 Å². The van der Waals surface area contributed by atoms with Crippen LogP contribution in [0.5, 0.6) is 0 Å². The molecule has 7 heteroatoms. The van der Waals surface area contributed by atoms with Crippen molar-refractivity contribution in [1.29, 1.82) is 0 Å². The molecule has 3 N–H and O–H groups in total. The third-order valence-corrected chi connectivity index (χ3v) is 3.62. The Balaban J connectivity index is 1.71. The van der Waals surface area contributed by atoms with Gasteiger partial charge in [0.15, 0.2) is 0 Å². The van der Waals surface area contributed by atoms with E-state index in [2.05, 4.69) is 25.7 Å². The van der Waals surface area contributed by atoms with Gasteiger partial charge in [-0.05, 0) is 30.3 Å². The molecule has 0 atom stereocenters. The first-order valence-electron chi connectivity index (χ1n) is 6.95. The van der Waals surface area contributed by atoms with Crippen molar-refractivity contribution >= 4 is 33.5 Å². The number of hydrogen-bond acceptors (Lipinski definition) is 4. The van der Waals surface area contributed by atoms with E-state index in [1.807, 2.05) is 6.07 Å². The summed E-state index contributed by atoms with van der Waals surface area (Å²) < 4.78 is 0. The Morgan fingerprint density at radius 3 is 2.87 bits per heavy atom. The number of rotatable bonds is 2. The second-order valence-corrected chi connectivity index (χ2v) is 5.07. The summed E-state index contributed by atoms with van der Waals surface area (Å²) >= 11 is 0. The summed E-state index contributed by atoms with van der Waals surface area (Å²) in [5.41, 5.74) is 2.40. The molecule has 23 heavy (non-hydrogen) atoms. The zero-order chi connectivity index (χ0) is 15.8. The molecule has 112 valence electrons. The number of nitrogens with zero attached hydrogens (tertiary/aromatic N) is 2. The van der Waals surface area contributed by atoms with Gasteiger partial charge in [0.2, 0.25) is 5.43 Å². The van der Waals surface area contributed by atoms with E-state index in [0.29, 0.717) is 22.1 Å². The molecule has 4 rings (SSSR count). The molecule has 0 aliphatic heterocycles. The number of fused-ring (bicyclic) bond motifs is 2. The van der Waals surface area contributed by atoms with Crippen LogP contribution in [0, 0.1) is 0 Å². The summed E-state index contributed by atoms with van der Waals surface area (Å²) in [6.45, 7) is 0. The Morgan fingerprint density at radius 1 is 1.09 bits per heavy atom. The first-order valence-corrected chi connectivity index (χ1v) is 6.95. The molecule has 0 spiro atoms. The van der Waals surface area contributed by atoms with Gasteiger partial charge in [-0.3, -0.25) is 14.7 Å². The molecule has 0 bridgehead atoms. The van der Waals surface area contributed by atoms with E-state index in [9.17, 15) is 9.59 Å². The molecule has 7 nitrogen and oxygen atoms in total. The van der Waals surface area contributed by atoms with Crippen molar-refractivity contribution in [3.63, 3.8) is 0 Å². The lowest BCUT2D eigenvalue weighted by Gasteiger charge is -2.06. The van der Waals surface area contributed by atoms with E-state index < -0.39 is 5.91 Å². The monoisotopic (exact) mass is 305 g/mol. The normalized spacial score (nSPS) is 11.0. The number of carbonyl (C=O) groups excluding carboxylic acids is 1. The summed E-state index contributed by atoms with van der Waals surface area (Å²) in [6, 6.07) is 12.2. The van der Waals surface area contributed by atoms with Gasteiger partial charge in [-0.15, -0.1) is 5.10 Å². The van der Waals surface area contributed by atoms with Gasteiger partial charge in [0, 0.05) is 22.8 Å². The lowest BCUT2D eigenvalue weighted by Crippen LogP contribution is -2.21. The lowest BCUT2D eigenvalue weighted by atomic mass is 10.1. The largest absolute Gasteiger partial charge is 0.360 e. The maximum absolute atomic E-state index is 12.4. The van der Waals surface area contributed by atoms with Crippen LogP contribution in [0.3, 0.4) is 0 Å². The molecule has 0 aliphatic carbocycles. The molecule has 0 saturated heterocycles. The minimum Gasteiger partial charge on any atom is -0.360 e. The Bertz CT molecular complexity index is 1100. The fourth-order valence-corrected chi connectivity index (χ4v) is 2.45. The Hall–Kier alpha value is -3.48. The summed E-state index contributed by atoms with van der Waals surface area (Å²) in [6.07, 6.45) is 1.43. The van der Waals surface area contributed by atoms with Crippen molar-refractivity contribution in [2.24, 2.45) is 0 Å². The number of benzene rings is 2. The highest BCUT2D eigenvalue weighted by Crippen LogP contribution is 2.15. The molecule has 1 amide bonds. The van der Waals surface area contributed by atoms with Crippen molar-refractivity contribution in [3.05, 3.63) is 64.4 Å². The Morgan fingerprint density at radius 2 is 1.96 bits per heavy atom. The first-order chi connectivity index (χ1) is 11.2. The van der Waals surface area contributed by atoms with Gasteiger partial charge in [-0.2, -0.15) is 0 Å². The van der Waals surface area contributed by atoms with Gasteiger partial charge in [0.25, 0.3) is 5.91 Å². The number of anilines is 1. The molecule has 2 aromatic heterocycles. The topological polar surface area (TPSA) is 104 Å². The van der Waals surface area contributed by atoms with Crippen LogP contribution in [0.2, 0.25) is 0 Å². The molecule has 2 heterocycles. The van der Waals surface area contributed by atoms with Gasteiger partial charge < -0.3 is 10.3 Å². The summed E-state index contributed by atoms with van der Waals surface area (Å²) in [5.74, 6) is -0.472. The zero-order valence-corrected chi connectivity index (χ0v) is 11.8. The van der Waals surface area contributed by atoms with E-state index in [0.717, 1.165) is 5.52 Å². The van der Waals surface area contributed by atoms with Crippen LogP contribution in [0.4, 0.5) is 5.69 Å². The van der Waals surface area contributed by atoms with Crippen molar-refractivity contribution < 1.29 is 4.79 Å². The van der Waals surface area contributed by atoms with Crippen LogP contribution in [0.1, 0.15) is 10.4 Å². The van der Waals surface area contributed by atoms with Gasteiger partial charge in [0.05, 0.1) is 5.52 Å². The average molecular weight is 305 g/mol. The van der Waals surface area contributed by atoms with Crippen molar-refractivity contribution in [1.82, 2.24) is 20.4 Å². The van der Waals surface area contributed by atoms with E-state index >= 15 is 0 Å². The minimum absolute atomic E-state index is 0.0592. The summed E-state index contributed by atoms with van der Waals surface area (Å²) in [4.78, 5) is 27.8. The molecule has 0 fully saturated rings. The number of hydrogen-bond donors (Lipinski definition) is 3. The van der Waals surface area contributed by atoms with Crippen molar-refractivity contribution in [2.45, 2.75) is 0 Å². The van der Waals surface area contributed by atoms with Crippen LogP contribution in [-0.2, 0) is 0 Å². The molecule has 0 aliphatic rings. The number of amides is 1. The fourth-order valence-electron chi connectivity index (χ4n) is 2.45. The molecule has 0 saturated carbocycles. The van der Waals surface area contributed by atoms with E-state index in [4.69, 9.17) is 0 Å². The first kappa shape index (κ1) is 13.2. The highest BCUT2D eigenvalue weighted by Gasteiger charge is 2.13. The van der Waals surface area contributed by atoms with Gasteiger partial charge in [-0.25, -0.2) is 0 Å². The number of pyridine rings is 1. The van der Waals surface area contributed by atoms with Crippen LogP contribution >= 0.6 is 0 Å². The zero-order valence-electron chi connectivity index (χ0n) is 11.8. The smallest absolute Gasteiger partial charge is 0.261 e. The molecule has 0 unspecified atom stereocenters. The predicted octanol–water partition coefficient (Wildman–Crippen LogP) is 2.05. The van der Waals surface area contributed by atoms with Gasteiger partial charge >= 0.3 is 0 Å². The average Bonchev–Trinajstić information content (AvgIpc) is 3.03. The maximum atomic E-state index is 12.4. The highest BCUT2D eigenvalue weighted by molar-refractivity contribution is 6.06. The van der Waals surface area contributed by atoms with Crippen LogP contribution < -0.4 is 10.7 Å². The predicted molar refractivity (Wildman–Crippen MR) is 86.4 cm³/mol. The third kappa shape index (κ3) is 2.24. The Labute approximate surface area is 129 Å². The van der Waals surface area contributed by atoms with Crippen molar-refractivity contribution in [2.75, 3.05) is 5.32 Å². The summed E-state index contributed by atoms with van der Waals surface area (Å²) in [7, 11) is 0. The molecule has 2 aromatic carbocycles. The van der Waals surface area contributed by atoms with Crippen LogP contribution in [0.15, 0.2) is 53.5 Å². The summed E-state index contributed by atoms with van der Waals surface area (Å²) in [5, 5.41) is 13.5. The second kappa shape index (κ2) is 5.06. The number of carbonyl (C=O) groups is 1. The van der Waals surface area contributed by atoms with Crippen molar-refractivity contribution in [3.8, 4) is 0 Å². The number of nitrogens with one attached hydrogen (secondary N) is 3. The lowest BCUT2D eigenvalue weighted by molar-refractivity contribution is 0.102. The molecule has 0 radical (unpaired) electrons. The fraction of sp³-hybridized carbons (Fsp3) is 0. The molecule has 4 aromatic rings. The van der Waals surface area contributed by atoms with Gasteiger partial charge in [0.1, 0.15) is 11.1 Å². The number of aromatic nitrogens is 4. The highest BCUT2D eigenvalue weighted by atomic mass is 16.2. The molecular weight excluding hydrogens is 294 g/mol. The number of H-pyrrole nitrogens is 2. The Kier molecular flexibility index (Phi) is 2.90. The number of para-hydroxylation sites is 1. The second-order valence-electron chi connectivity index (χ2n) is 5.07. The third-order valence-electron chi connectivity index (χ3n) is 3.62. The van der Waals surface area contributed by atoms with Gasteiger partial charge in [-0.1, -0.05) is 17.3 Å².